The van der Waals surface area contributed by atoms with Crippen LogP contribution in [-0.4, -0.2) is 43.7 Å². The Morgan fingerprint density at radius 3 is 2.29 bits per heavy atom. The summed E-state index contributed by atoms with van der Waals surface area (Å²) in [5.74, 6) is -0.775. The van der Waals surface area contributed by atoms with E-state index in [0.717, 1.165) is 12.1 Å². The van der Waals surface area contributed by atoms with Crippen molar-refractivity contribution >= 4 is 21.8 Å². The number of nitrogens with one attached hydrogen (secondary N) is 2. The lowest BCUT2D eigenvalue weighted by molar-refractivity contribution is -0.137. The van der Waals surface area contributed by atoms with E-state index in [1.54, 1.807) is 0 Å². The van der Waals surface area contributed by atoms with E-state index in [4.69, 9.17) is 0 Å². The predicted molar refractivity (Wildman–Crippen MR) is 124 cm³/mol. The van der Waals surface area contributed by atoms with Crippen LogP contribution in [0.2, 0.25) is 0 Å². The van der Waals surface area contributed by atoms with Crippen LogP contribution in [0.25, 0.3) is 0 Å². The summed E-state index contributed by atoms with van der Waals surface area (Å²) in [6.07, 6.45) is -1.53. The molecular weight excluding hydrogens is 483 g/mol. The van der Waals surface area contributed by atoms with Crippen LogP contribution < -0.4 is 10.6 Å². The summed E-state index contributed by atoms with van der Waals surface area (Å²) in [6.45, 7) is 4.01. The standard InChI is InChI=1S/C24H26F3N3O4S/c1-2-22(31)29-20-4-3-14-30(15-13-20)35(33,34)21-11-7-18(8-12-21)23(32)28-16-17-5-9-19(10-6-17)24(25,26)27/h2,5-12,20H,1,3-4,13-16H2,(H,28,32)(H,29,31). The van der Waals surface area contributed by atoms with Gasteiger partial charge in [0.25, 0.3) is 5.91 Å². The highest BCUT2D eigenvalue weighted by Crippen LogP contribution is 2.29. The van der Waals surface area contributed by atoms with Crippen molar-refractivity contribution < 1.29 is 31.2 Å². The number of benzene rings is 2. The highest BCUT2D eigenvalue weighted by molar-refractivity contribution is 7.89. The Kier molecular flexibility index (Phi) is 8.34. The quantitative estimate of drug-likeness (QED) is 0.559. The van der Waals surface area contributed by atoms with E-state index in [0.29, 0.717) is 31.4 Å². The van der Waals surface area contributed by atoms with Gasteiger partial charge in [-0.3, -0.25) is 9.59 Å². The van der Waals surface area contributed by atoms with Crippen molar-refractivity contribution in [3.8, 4) is 0 Å². The maximum Gasteiger partial charge on any atom is 0.416 e. The molecule has 2 amide bonds. The SMILES string of the molecule is C=CC(=O)NC1CCCN(S(=O)(=O)c2ccc(C(=O)NCc3ccc(C(F)(F)F)cc3)cc2)CC1. The van der Waals surface area contributed by atoms with E-state index < -0.39 is 27.7 Å². The molecular formula is C24H26F3N3O4S. The molecule has 0 bridgehead atoms. The molecule has 3 rings (SSSR count). The number of nitrogens with zero attached hydrogens (tertiary/aromatic N) is 1. The summed E-state index contributed by atoms with van der Waals surface area (Å²) in [4.78, 5) is 24.0. The van der Waals surface area contributed by atoms with Crippen LogP contribution in [0.4, 0.5) is 13.2 Å². The number of halogens is 3. The van der Waals surface area contributed by atoms with E-state index in [9.17, 15) is 31.2 Å². The lowest BCUT2D eigenvalue weighted by Crippen LogP contribution is -2.36. The molecule has 0 spiro atoms. The minimum Gasteiger partial charge on any atom is -0.350 e. The Morgan fingerprint density at radius 2 is 1.69 bits per heavy atom. The molecule has 1 unspecified atom stereocenters. The number of carbonyl (C=O) groups excluding carboxylic acids is 2. The molecule has 2 aromatic rings. The largest absolute Gasteiger partial charge is 0.416 e. The first kappa shape index (κ1) is 26.4. The first-order valence-electron chi connectivity index (χ1n) is 11.0. The van der Waals surface area contributed by atoms with Gasteiger partial charge in [0.05, 0.1) is 10.5 Å². The van der Waals surface area contributed by atoms with Crippen LogP contribution in [0.15, 0.2) is 66.1 Å². The van der Waals surface area contributed by atoms with Crippen LogP contribution in [0.1, 0.15) is 40.7 Å². The normalized spacial score (nSPS) is 17.3. The molecule has 1 aliphatic heterocycles. The number of rotatable bonds is 7. The fourth-order valence-electron chi connectivity index (χ4n) is 3.74. The van der Waals surface area contributed by atoms with Crippen LogP contribution >= 0.6 is 0 Å². The number of hydrogen-bond donors (Lipinski definition) is 2. The zero-order valence-corrected chi connectivity index (χ0v) is 19.7. The van der Waals surface area contributed by atoms with E-state index in [1.165, 1.54) is 46.8 Å². The van der Waals surface area contributed by atoms with Crippen LogP contribution in [0.5, 0.6) is 0 Å². The Balaban J connectivity index is 1.59. The van der Waals surface area contributed by atoms with E-state index in [-0.39, 0.29) is 35.5 Å². The number of alkyl halides is 3. The average Bonchev–Trinajstić information content (AvgIpc) is 3.08. The van der Waals surface area contributed by atoms with Crippen LogP contribution in [0, 0.1) is 0 Å². The van der Waals surface area contributed by atoms with Crippen molar-refractivity contribution in [2.24, 2.45) is 0 Å². The molecule has 2 aromatic carbocycles. The molecule has 0 aromatic heterocycles. The van der Waals surface area contributed by atoms with Crippen molar-refractivity contribution in [1.29, 1.82) is 0 Å². The van der Waals surface area contributed by atoms with Crippen LogP contribution in [0.3, 0.4) is 0 Å². The van der Waals surface area contributed by atoms with Gasteiger partial charge in [0, 0.05) is 31.2 Å². The molecule has 0 radical (unpaired) electrons. The molecule has 7 nitrogen and oxygen atoms in total. The Morgan fingerprint density at radius 1 is 1.03 bits per heavy atom. The second-order valence-corrected chi connectivity index (χ2v) is 10.1. The minimum absolute atomic E-state index is 0.0222. The number of amides is 2. The van der Waals surface area contributed by atoms with Crippen molar-refractivity contribution in [1.82, 2.24) is 14.9 Å². The van der Waals surface area contributed by atoms with Crippen molar-refractivity contribution in [3.63, 3.8) is 0 Å². The molecule has 1 atom stereocenters. The van der Waals surface area contributed by atoms with Gasteiger partial charge in [0.15, 0.2) is 0 Å². The molecule has 2 N–H and O–H groups in total. The molecule has 1 saturated heterocycles. The lowest BCUT2D eigenvalue weighted by atomic mass is 10.1. The zero-order chi connectivity index (χ0) is 25.6. The molecule has 1 aliphatic rings. The number of carbonyl (C=O) groups is 2. The predicted octanol–water partition coefficient (Wildman–Crippen LogP) is 3.48. The monoisotopic (exact) mass is 509 g/mol. The number of hydrogen-bond acceptors (Lipinski definition) is 4. The van der Waals surface area contributed by atoms with Gasteiger partial charge in [-0.15, -0.1) is 0 Å². The second kappa shape index (κ2) is 11.0. The Hall–Kier alpha value is -3.18. The summed E-state index contributed by atoms with van der Waals surface area (Å²) < 4.78 is 65.4. The van der Waals surface area contributed by atoms with Gasteiger partial charge in [0.1, 0.15) is 0 Å². The summed E-state index contributed by atoms with van der Waals surface area (Å²) >= 11 is 0. The van der Waals surface area contributed by atoms with E-state index in [2.05, 4.69) is 17.2 Å². The third kappa shape index (κ3) is 6.92. The summed E-state index contributed by atoms with van der Waals surface area (Å²) in [6, 6.07) is 9.81. The van der Waals surface area contributed by atoms with E-state index >= 15 is 0 Å². The summed E-state index contributed by atoms with van der Waals surface area (Å²) in [5, 5.41) is 5.41. The van der Waals surface area contributed by atoms with Gasteiger partial charge in [-0.05, 0) is 67.3 Å². The highest BCUT2D eigenvalue weighted by atomic mass is 32.2. The summed E-state index contributed by atoms with van der Waals surface area (Å²) in [7, 11) is -3.78. The van der Waals surface area contributed by atoms with Gasteiger partial charge in [-0.1, -0.05) is 18.7 Å². The first-order chi connectivity index (χ1) is 16.5. The first-order valence-corrected chi connectivity index (χ1v) is 12.4. The molecule has 35 heavy (non-hydrogen) atoms. The van der Waals surface area contributed by atoms with Crippen LogP contribution in [-0.2, 0) is 27.5 Å². The minimum atomic E-state index is -4.43. The molecule has 188 valence electrons. The molecule has 1 heterocycles. The lowest BCUT2D eigenvalue weighted by Gasteiger charge is -2.20. The van der Waals surface area contributed by atoms with Crippen molar-refractivity contribution in [2.75, 3.05) is 13.1 Å². The van der Waals surface area contributed by atoms with E-state index in [1.807, 2.05) is 0 Å². The molecule has 0 aliphatic carbocycles. The van der Waals surface area contributed by atoms with Crippen molar-refractivity contribution in [2.45, 2.75) is 42.9 Å². The third-order valence-corrected chi connectivity index (χ3v) is 7.62. The van der Waals surface area contributed by atoms with Gasteiger partial charge < -0.3 is 10.6 Å². The molecule has 0 saturated carbocycles. The molecule has 1 fully saturated rings. The third-order valence-electron chi connectivity index (χ3n) is 5.71. The van der Waals surface area contributed by atoms with Gasteiger partial charge in [-0.2, -0.15) is 17.5 Å². The second-order valence-electron chi connectivity index (χ2n) is 8.15. The maximum atomic E-state index is 13.1. The smallest absolute Gasteiger partial charge is 0.350 e. The van der Waals surface area contributed by atoms with Crippen molar-refractivity contribution in [3.05, 3.63) is 77.9 Å². The van der Waals surface area contributed by atoms with Gasteiger partial charge in [0.2, 0.25) is 15.9 Å². The topological polar surface area (TPSA) is 95.6 Å². The average molecular weight is 510 g/mol. The zero-order valence-electron chi connectivity index (χ0n) is 18.8. The fraction of sp³-hybridized carbons (Fsp3) is 0.333. The number of sulfonamides is 1. The summed E-state index contributed by atoms with van der Waals surface area (Å²) in [5.41, 5.74) is -0.0564. The Labute approximate surface area is 202 Å². The molecule has 11 heteroatoms. The van der Waals surface area contributed by atoms with Gasteiger partial charge >= 0.3 is 6.18 Å². The van der Waals surface area contributed by atoms with Gasteiger partial charge in [-0.25, -0.2) is 8.42 Å². The maximum absolute atomic E-state index is 13.1. The fourth-order valence-corrected chi connectivity index (χ4v) is 5.23. The highest BCUT2D eigenvalue weighted by Gasteiger charge is 2.30. The Bertz CT molecular complexity index is 1160.